The Hall–Kier alpha value is -4.20. The Labute approximate surface area is 214 Å². The number of hydrogen-bond acceptors (Lipinski definition) is 5. The van der Waals surface area contributed by atoms with Gasteiger partial charge in [-0.25, -0.2) is 4.98 Å². The Morgan fingerprint density at radius 1 is 0.946 bits per heavy atom. The van der Waals surface area contributed by atoms with E-state index in [1.807, 2.05) is 43.3 Å². The van der Waals surface area contributed by atoms with Crippen molar-refractivity contribution >= 4 is 0 Å². The molecule has 184 valence electrons. The number of imidazole rings is 1. The molecule has 0 unspecified atom stereocenters. The van der Waals surface area contributed by atoms with Crippen LogP contribution in [-0.4, -0.2) is 30.5 Å². The third kappa shape index (κ3) is 3.58. The number of nitrogens with two attached hydrogens (primary N) is 1. The molecule has 5 aromatic rings. The van der Waals surface area contributed by atoms with E-state index in [2.05, 4.69) is 57.2 Å². The Balaban J connectivity index is 1.36. The van der Waals surface area contributed by atoms with Gasteiger partial charge in [-0.05, 0) is 49.6 Å². The average Bonchev–Trinajstić information content (AvgIpc) is 3.56. The second-order valence-electron chi connectivity index (χ2n) is 10.5. The van der Waals surface area contributed by atoms with Crippen LogP contribution in [0.4, 0.5) is 0 Å². The van der Waals surface area contributed by atoms with Crippen LogP contribution in [0.15, 0.2) is 85.1 Å². The standard InChI is InChI=1S/C30H27N5O2/c1-29(36)16-30(31,17-29)22-10-7-19(8-11-22)26-27(20-5-3-2-4-6-20)35-18-37-25-12-9-21(24-13-14-32-34-24)15-23(25)28(35)33-26/h2-15,36H,16-18,31H2,1H3,(H,32,34)/t29-,30+. The number of H-pyrrole nitrogens is 1. The maximum Gasteiger partial charge on any atom is 0.167 e. The van der Waals surface area contributed by atoms with Crippen molar-refractivity contribution in [3.8, 4) is 50.9 Å². The van der Waals surface area contributed by atoms with Gasteiger partial charge >= 0.3 is 0 Å². The molecule has 7 rings (SSSR count). The van der Waals surface area contributed by atoms with Crippen molar-refractivity contribution < 1.29 is 9.84 Å². The largest absolute Gasteiger partial charge is 0.472 e. The van der Waals surface area contributed by atoms with Gasteiger partial charge in [0.1, 0.15) is 11.6 Å². The molecule has 1 fully saturated rings. The summed E-state index contributed by atoms with van der Waals surface area (Å²) < 4.78 is 8.34. The summed E-state index contributed by atoms with van der Waals surface area (Å²) in [5.41, 5.74) is 13.3. The van der Waals surface area contributed by atoms with Crippen molar-refractivity contribution in [2.75, 3.05) is 0 Å². The first-order valence-corrected chi connectivity index (χ1v) is 12.5. The van der Waals surface area contributed by atoms with Gasteiger partial charge in [-0.2, -0.15) is 5.10 Å². The van der Waals surface area contributed by atoms with Crippen LogP contribution in [-0.2, 0) is 12.3 Å². The number of rotatable bonds is 4. The monoisotopic (exact) mass is 489 g/mol. The Morgan fingerprint density at radius 2 is 1.70 bits per heavy atom. The first kappa shape index (κ1) is 22.0. The van der Waals surface area contributed by atoms with Crippen molar-refractivity contribution in [2.45, 2.75) is 37.6 Å². The molecule has 2 aliphatic rings. The van der Waals surface area contributed by atoms with Crippen molar-refractivity contribution in [3.05, 3.63) is 90.6 Å². The first-order chi connectivity index (χ1) is 17.9. The number of aromatic amines is 1. The molecular weight excluding hydrogens is 462 g/mol. The van der Waals surface area contributed by atoms with Gasteiger partial charge in [-0.15, -0.1) is 0 Å². The average molecular weight is 490 g/mol. The molecule has 0 radical (unpaired) electrons. The van der Waals surface area contributed by atoms with Gasteiger partial charge in [-0.1, -0.05) is 54.6 Å². The molecule has 2 aromatic heterocycles. The summed E-state index contributed by atoms with van der Waals surface area (Å²) in [5, 5.41) is 17.4. The molecule has 1 aliphatic carbocycles. The molecule has 4 N–H and O–H groups in total. The molecular formula is C30H27N5O2. The lowest BCUT2D eigenvalue weighted by atomic mass is 9.63. The van der Waals surface area contributed by atoms with E-state index in [-0.39, 0.29) is 0 Å². The SMILES string of the molecule is C[C@]1(O)C[C@](N)(c2ccc(-c3nc4n(c3-c3ccccc3)COc3ccc(-c5ccn[nH]5)cc3-4)cc2)C1. The van der Waals surface area contributed by atoms with E-state index in [0.717, 1.165) is 56.5 Å². The van der Waals surface area contributed by atoms with Crippen molar-refractivity contribution in [1.82, 2.24) is 19.7 Å². The fourth-order valence-electron chi connectivity index (χ4n) is 5.89. The van der Waals surface area contributed by atoms with Gasteiger partial charge < -0.3 is 15.6 Å². The molecule has 0 bridgehead atoms. The molecule has 3 heterocycles. The normalized spacial score (nSPS) is 22.0. The Morgan fingerprint density at radius 3 is 2.41 bits per heavy atom. The number of fused-ring (bicyclic) bond motifs is 3. The lowest BCUT2D eigenvalue weighted by Gasteiger charge is -2.49. The summed E-state index contributed by atoms with van der Waals surface area (Å²) >= 11 is 0. The van der Waals surface area contributed by atoms with Crippen LogP contribution < -0.4 is 10.5 Å². The third-order valence-corrected chi connectivity index (χ3v) is 7.52. The summed E-state index contributed by atoms with van der Waals surface area (Å²) in [4.78, 5) is 5.20. The minimum atomic E-state index is -0.695. The van der Waals surface area contributed by atoms with E-state index < -0.39 is 11.1 Å². The predicted molar refractivity (Wildman–Crippen MR) is 142 cm³/mol. The number of aromatic nitrogens is 4. The van der Waals surface area contributed by atoms with Crippen LogP contribution in [0.5, 0.6) is 5.75 Å². The van der Waals surface area contributed by atoms with Crippen LogP contribution in [0, 0.1) is 0 Å². The van der Waals surface area contributed by atoms with Gasteiger partial charge in [0.05, 0.1) is 28.2 Å². The van der Waals surface area contributed by atoms with Gasteiger partial charge in [0, 0.05) is 28.4 Å². The molecule has 3 aromatic carbocycles. The fraction of sp³-hybridized carbons (Fsp3) is 0.200. The molecule has 7 nitrogen and oxygen atoms in total. The Kier molecular flexibility index (Phi) is 4.70. The highest BCUT2D eigenvalue weighted by Gasteiger charge is 2.49. The summed E-state index contributed by atoms with van der Waals surface area (Å²) in [6.07, 6.45) is 2.86. The zero-order chi connectivity index (χ0) is 25.2. The number of hydrogen-bond donors (Lipinski definition) is 3. The minimum Gasteiger partial charge on any atom is -0.472 e. The second kappa shape index (κ2) is 7.90. The number of aliphatic hydroxyl groups is 1. The molecule has 0 atom stereocenters. The van der Waals surface area contributed by atoms with E-state index in [9.17, 15) is 5.11 Å². The third-order valence-electron chi connectivity index (χ3n) is 7.52. The van der Waals surface area contributed by atoms with Gasteiger partial charge in [0.2, 0.25) is 0 Å². The van der Waals surface area contributed by atoms with Crippen LogP contribution in [0.25, 0.3) is 45.2 Å². The quantitative estimate of drug-likeness (QED) is 0.317. The first-order valence-electron chi connectivity index (χ1n) is 12.5. The lowest BCUT2D eigenvalue weighted by Crippen LogP contribution is -2.58. The van der Waals surface area contributed by atoms with Gasteiger partial charge in [-0.3, -0.25) is 9.67 Å². The van der Waals surface area contributed by atoms with E-state index >= 15 is 0 Å². The summed E-state index contributed by atoms with van der Waals surface area (Å²) in [5.74, 6) is 1.68. The number of nitrogens with one attached hydrogen (secondary N) is 1. The topological polar surface area (TPSA) is 102 Å². The zero-order valence-corrected chi connectivity index (χ0v) is 20.5. The molecule has 1 saturated carbocycles. The summed E-state index contributed by atoms with van der Waals surface area (Å²) in [6, 6.07) is 26.7. The minimum absolute atomic E-state index is 0.377. The predicted octanol–water partition coefficient (Wildman–Crippen LogP) is 5.32. The molecule has 37 heavy (non-hydrogen) atoms. The zero-order valence-electron chi connectivity index (χ0n) is 20.5. The van der Waals surface area contributed by atoms with Crippen LogP contribution >= 0.6 is 0 Å². The highest BCUT2D eigenvalue weighted by molar-refractivity contribution is 5.84. The van der Waals surface area contributed by atoms with E-state index in [0.29, 0.717) is 19.6 Å². The number of nitrogens with zero attached hydrogens (tertiary/aromatic N) is 3. The van der Waals surface area contributed by atoms with E-state index in [1.54, 1.807) is 6.20 Å². The molecule has 1 aliphatic heterocycles. The fourth-order valence-corrected chi connectivity index (χ4v) is 5.89. The summed E-state index contributed by atoms with van der Waals surface area (Å²) in [6.45, 7) is 2.22. The van der Waals surface area contributed by atoms with Crippen molar-refractivity contribution in [1.29, 1.82) is 0 Å². The highest BCUT2D eigenvalue weighted by Crippen LogP contribution is 2.47. The van der Waals surface area contributed by atoms with E-state index in [4.69, 9.17) is 15.5 Å². The van der Waals surface area contributed by atoms with Crippen LogP contribution in [0.3, 0.4) is 0 Å². The molecule has 0 spiro atoms. The summed E-state index contributed by atoms with van der Waals surface area (Å²) in [7, 11) is 0. The maximum atomic E-state index is 10.2. The molecule has 7 heteroatoms. The highest BCUT2D eigenvalue weighted by atomic mass is 16.5. The van der Waals surface area contributed by atoms with Crippen LogP contribution in [0.1, 0.15) is 25.3 Å². The van der Waals surface area contributed by atoms with E-state index in [1.165, 1.54) is 0 Å². The number of benzene rings is 3. The van der Waals surface area contributed by atoms with Gasteiger partial charge in [0.25, 0.3) is 0 Å². The smallest absolute Gasteiger partial charge is 0.167 e. The molecule has 0 saturated heterocycles. The number of ether oxygens (including phenoxy) is 1. The van der Waals surface area contributed by atoms with Gasteiger partial charge in [0.15, 0.2) is 6.73 Å². The Bertz CT molecular complexity index is 1590. The second-order valence-corrected chi connectivity index (χ2v) is 10.5. The maximum absolute atomic E-state index is 10.2. The van der Waals surface area contributed by atoms with Crippen molar-refractivity contribution in [3.63, 3.8) is 0 Å². The molecule has 0 amide bonds. The van der Waals surface area contributed by atoms with Crippen molar-refractivity contribution in [2.24, 2.45) is 5.73 Å². The lowest BCUT2D eigenvalue weighted by molar-refractivity contribution is -0.0738. The van der Waals surface area contributed by atoms with Crippen LogP contribution in [0.2, 0.25) is 0 Å².